The molecule has 0 saturated heterocycles. The number of hydrogen-bond acceptors (Lipinski definition) is 1. The van der Waals surface area contributed by atoms with E-state index in [2.05, 4.69) is 158 Å². The van der Waals surface area contributed by atoms with Crippen molar-refractivity contribution in [1.29, 1.82) is 0 Å². The first-order valence-corrected chi connectivity index (χ1v) is 14.8. The smallest absolute Gasteiger partial charge is 0.136 e. The lowest BCUT2D eigenvalue weighted by Gasteiger charge is -2.19. The molecule has 0 spiro atoms. The van der Waals surface area contributed by atoms with Crippen LogP contribution in [0.1, 0.15) is 0 Å². The Kier molecular flexibility index (Phi) is 5.27. The van der Waals surface area contributed by atoms with Crippen LogP contribution in [0.25, 0.3) is 87.6 Å². The molecular formula is C42H26O. The van der Waals surface area contributed by atoms with Crippen LogP contribution < -0.4 is 0 Å². The minimum Gasteiger partial charge on any atom is -0.456 e. The second-order valence-electron chi connectivity index (χ2n) is 11.2. The zero-order chi connectivity index (χ0) is 28.3. The summed E-state index contributed by atoms with van der Waals surface area (Å²) in [5.41, 5.74) is 9.07. The number of benzene rings is 8. The first-order valence-electron chi connectivity index (χ1n) is 14.8. The molecule has 0 saturated carbocycles. The molecule has 0 aliphatic carbocycles. The van der Waals surface area contributed by atoms with Gasteiger partial charge in [0, 0.05) is 10.8 Å². The molecule has 0 fully saturated rings. The number of furan rings is 1. The summed E-state index contributed by atoms with van der Waals surface area (Å²) in [4.78, 5) is 0. The van der Waals surface area contributed by atoms with E-state index < -0.39 is 0 Å². The van der Waals surface area contributed by atoms with Gasteiger partial charge in [0.1, 0.15) is 11.2 Å². The summed E-state index contributed by atoms with van der Waals surface area (Å²) >= 11 is 0. The average molecular weight is 547 g/mol. The van der Waals surface area contributed by atoms with Crippen molar-refractivity contribution in [1.82, 2.24) is 0 Å². The van der Waals surface area contributed by atoms with E-state index in [0.29, 0.717) is 0 Å². The predicted molar refractivity (Wildman–Crippen MR) is 183 cm³/mol. The van der Waals surface area contributed by atoms with Crippen LogP contribution in [0.3, 0.4) is 0 Å². The maximum atomic E-state index is 6.70. The molecule has 8 aromatic carbocycles. The SMILES string of the molecule is c1ccc(-c2cc(-c3c4ccccc4c(-c4ccccc4)c4ccccc34)c3c(c2)oc2ccc4ccccc4c23)cc1. The van der Waals surface area contributed by atoms with Crippen molar-refractivity contribution in [3.63, 3.8) is 0 Å². The molecule has 1 heterocycles. The number of fused-ring (bicyclic) bond motifs is 7. The molecule has 1 nitrogen and oxygen atoms in total. The third kappa shape index (κ3) is 3.65. The standard InChI is InChI=1S/C42H26O/c1-3-13-27(14-4-1)30-25-36(42-38(26-30)43-37-24-23-28-15-7-8-18-31(28)41(37)42)40-34-21-11-9-19-32(34)39(29-16-5-2-6-17-29)33-20-10-12-22-35(33)40/h1-26H. The van der Waals surface area contributed by atoms with E-state index in [1.165, 1.54) is 65.5 Å². The normalized spacial score (nSPS) is 11.7. The monoisotopic (exact) mass is 546 g/mol. The van der Waals surface area contributed by atoms with Crippen molar-refractivity contribution < 1.29 is 4.42 Å². The lowest BCUT2D eigenvalue weighted by atomic mass is 9.84. The highest BCUT2D eigenvalue weighted by Crippen LogP contribution is 2.49. The molecule has 200 valence electrons. The Morgan fingerprint density at radius 2 is 0.860 bits per heavy atom. The van der Waals surface area contributed by atoms with E-state index in [-0.39, 0.29) is 0 Å². The third-order valence-electron chi connectivity index (χ3n) is 8.83. The van der Waals surface area contributed by atoms with E-state index in [1.807, 2.05) is 0 Å². The summed E-state index contributed by atoms with van der Waals surface area (Å²) in [6, 6.07) is 56.7. The van der Waals surface area contributed by atoms with Crippen LogP contribution in [0, 0.1) is 0 Å². The van der Waals surface area contributed by atoms with E-state index in [0.717, 1.165) is 22.1 Å². The molecule has 43 heavy (non-hydrogen) atoms. The fourth-order valence-corrected chi connectivity index (χ4v) is 7.00. The minimum absolute atomic E-state index is 0.906. The van der Waals surface area contributed by atoms with Gasteiger partial charge in [-0.1, -0.05) is 140 Å². The molecule has 9 aromatic rings. The first kappa shape index (κ1) is 24.0. The number of hydrogen-bond donors (Lipinski definition) is 0. The largest absolute Gasteiger partial charge is 0.456 e. The molecule has 0 aliphatic rings. The molecule has 0 radical (unpaired) electrons. The minimum atomic E-state index is 0.906. The van der Waals surface area contributed by atoms with Gasteiger partial charge in [0.05, 0.1) is 0 Å². The van der Waals surface area contributed by atoms with E-state index in [1.54, 1.807) is 0 Å². The third-order valence-corrected chi connectivity index (χ3v) is 8.83. The number of rotatable bonds is 3. The molecule has 0 atom stereocenters. The Hall–Kier alpha value is -5.66. The second kappa shape index (κ2) is 9.44. The van der Waals surface area contributed by atoms with Crippen molar-refractivity contribution in [2.45, 2.75) is 0 Å². The maximum absolute atomic E-state index is 6.70. The van der Waals surface area contributed by atoms with Crippen molar-refractivity contribution in [2.24, 2.45) is 0 Å². The molecule has 0 N–H and O–H groups in total. The van der Waals surface area contributed by atoms with Gasteiger partial charge in [-0.3, -0.25) is 0 Å². The highest BCUT2D eigenvalue weighted by Gasteiger charge is 2.22. The van der Waals surface area contributed by atoms with Crippen LogP contribution in [0.5, 0.6) is 0 Å². The van der Waals surface area contributed by atoms with Gasteiger partial charge < -0.3 is 4.42 Å². The van der Waals surface area contributed by atoms with Gasteiger partial charge in [0.15, 0.2) is 0 Å². The van der Waals surface area contributed by atoms with E-state index >= 15 is 0 Å². The van der Waals surface area contributed by atoms with Crippen LogP contribution in [0.2, 0.25) is 0 Å². The lowest BCUT2D eigenvalue weighted by molar-refractivity contribution is 0.669. The van der Waals surface area contributed by atoms with Crippen molar-refractivity contribution in [2.75, 3.05) is 0 Å². The van der Waals surface area contributed by atoms with Gasteiger partial charge in [-0.25, -0.2) is 0 Å². The molecule has 0 bridgehead atoms. The van der Waals surface area contributed by atoms with Gasteiger partial charge in [0.25, 0.3) is 0 Å². The highest BCUT2D eigenvalue weighted by atomic mass is 16.3. The Balaban J connectivity index is 1.52. The predicted octanol–water partition coefficient (Wildman–Crippen LogP) is 12.0. The molecule has 0 unspecified atom stereocenters. The summed E-state index contributed by atoms with van der Waals surface area (Å²) in [6.45, 7) is 0. The quantitative estimate of drug-likeness (QED) is 0.201. The maximum Gasteiger partial charge on any atom is 0.136 e. The van der Waals surface area contributed by atoms with Crippen molar-refractivity contribution in [3.05, 3.63) is 158 Å². The van der Waals surface area contributed by atoms with E-state index in [4.69, 9.17) is 4.42 Å². The van der Waals surface area contributed by atoms with E-state index in [9.17, 15) is 0 Å². The summed E-state index contributed by atoms with van der Waals surface area (Å²) in [5.74, 6) is 0. The van der Waals surface area contributed by atoms with Crippen LogP contribution in [-0.4, -0.2) is 0 Å². The molecule has 0 amide bonds. The van der Waals surface area contributed by atoms with Gasteiger partial charge in [-0.2, -0.15) is 0 Å². The molecular weight excluding hydrogens is 520 g/mol. The molecule has 9 rings (SSSR count). The molecule has 0 aliphatic heterocycles. The van der Waals surface area contributed by atoms with Crippen LogP contribution in [-0.2, 0) is 0 Å². The summed E-state index contributed by atoms with van der Waals surface area (Å²) < 4.78 is 6.70. The fraction of sp³-hybridized carbons (Fsp3) is 0. The van der Waals surface area contributed by atoms with Crippen LogP contribution in [0.15, 0.2) is 162 Å². The average Bonchev–Trinajstić information content (AvgIpc) is 3.47. The van der Waals surface area contributed by atoms with Crippen LogP contribution >= 0.6 is 0 Å². The zero-order valence-electron chi connectivity index (χ0n) is 23.4. The second-order valence-corrected chi connectivity index (χ2v) is 11.2. The lowest BCUT2D eigenvalue weighted by Crippen LogP contribution is -1.92. The fourth-order valence-electron chi connectivity index (χ4n) is 7.00. The van der Waals surface area contributed by atoms with Gasteiger partial charge in [-0.15, -0.1) is 0 Å². The van der Waals surface area contributed by atoms with Crippen molar-refractivity contribution in [3.8, 4) is 33.4 Å². The Bertz CT molecular complexity index is 2430. The van der Waals surface area contributed by atoms with Crippen molar-refractivity contribution >= 4 is 54.3 Å². The highest BCUT2D eigenvalue weighted by molar-refractivity contribution is 6.29. The Labute approximate surface area is 249 Å². The van der Waals surface area contributed by atoms with Crippen LogP contribution in [0.4, 0.5) is 0 Å². The summed E-state index contributed by atoms with van der Waals surface area (Å²) in [7, 11) is 0. The molecule has 1 heteroatoms. The van der Waals surface area contributed by atoms with Gasteiger partial charge in [0.2, 0.25) is 0 Å². The first-order chi connectivity index (χ1) is 21.3. The van der Waals surface area contributed by atoms with Gasteiger partial charge >= 0.3 is 0 Å². The molecule has 1 aromatic heterocycles. The Morgan fingerprint density at radius 1 is 0.326 bits per heavy atom. The zero-order valence-corrected chi connectivity index (χ0v) is 23.4. The summed E-state index contributed by atoms with van der Waals surface area (Å²) in [5, 5.41) is 9.73. The van der Waals surface area contributed by atoms with Gasteiger partial charge in [-0.05, 0) is 83.9 Å². The summed E-state index contributed by atoms with van der Waals surface area (Å²) in [6.07, 6.45) is 0. The Morgan fingerprint density at radius 3 is 1.51 bits per heavy atom. The topological polar surface area (TPSA) is 13.1 Å².